The summed E-state index contributed by atoms with van der Waals surface area (Å²) in [6.07, 6.45) is 3.61. The van der Waals surface area contributed by atoms with Crippen molar-refractivity contribution in [2.45, 2.75) is 64.6 Å². The van der Waals surface area contributed by atoms with E-state index >= 15 is 0 Å². The summed E-state index contributed by atoms with van der Waals surface area (Å²) in [5, 5.41) is 2.94. The van der Waals surface area contributed by atoms with Gasteiger partial charge in [0, 0.05) is 12.1 Å². The van der Waals surface area contributed by atoms with Crippen LogP contribution < -0.4 is 15.8 Å². The number of hydrogen-bond donors (Lipinski definition) is 2. The molecular weight excluding hydrogens is 264 g/mol. The molecule has 3 atom stereocenters. The van der Waals surface area contributed by atoms with Crippen LogP contribution in [0.3, 0.4) is 0 Å². The zero-order valence-corrected chi connectivity index (χ0v) is 13.2. The van der Waals surface area contributed by atoms with E-state index in [2.05, 4.69) is 5.32 Å². The monoisotopic (exact) mass is 290 g/mol. The van der Waals surface area contributed by atoms with Gasteiger partial charge in [0.05, 0.1) is 0 Å². The zero-order valence-electron chi connectivity index (χ0n) is 13.2. The van der Waals surface area contributed by atoms with E-state index in [0.717, 1.165) is 31.4 Å². The van der Waals surface area contributed by atoms with E-state index in [1.807, 2.05) is 32.0 Å². The maximum Gasteiger partial charge on any atom is 0.260 e. The van der Waals surface area contributed by atoms with Crippen LogP contribution in [-0.4, -0.2) is 18.1 Å². The van der Waals surface area contributed by atoms with Gasteiger partial charge in [-0.05, 0) is 62.8 Å². The van der Waals surface area contributed by atoms with Crippen molar-refractivity contribution in [2.24, 2.45) is 5.73 Å². The number of carbonyl (C=O) groups is 1. The van der Waals surface area contributed by atoms with Crippen molar-refractivity contribution in [1.29, 1.82) is 0 Å². The summed E-state index contributed by atoms with van der Waals surface area (Å²) in [5.41, 5.74) is 8.58. The van der Waals surface area contributed by atoms with Crippen molar-refractivity contribution in [2.75, 3.05) is 0 Å². The summed E-state index contributed by atoms with van der Waals surface area (Å²) in [5.74, 6) is 0.674. The van der Waals surface area contributed by atoms with E-state index in [0.29, 0.717) is 0 Å². The molecule has 0 saturated heterocycles. The van der Waals surface area contributed by atoms with Crippen LogP contribution in [0.4, 0.5) is 0 Å². The number of nitrogens with one attached hydrogen (secondary N) is 1. The van der Waals surface area contributed by atoms with Gasteiger partial charge in [0.25, 0.3) is 5.91 Å². The Hall–Kier alpha value is -1.55. The topological polar surface area (TPSA) is 64.3 Å². The van der Waals surface area contributed by atoms with Crippen LogP contribution in [-0.2, 0) is 11.2 Å². The van der Waals surface area contributed by atoms with Crippen molar-refractivity contribution >= 4 is 5.91 Å². The molecule has 4 nitrogen and oxygen atoms in total. The second-order valence-electron chi connectivity index (χ2n) is 5.94. The molecule has 0 aliphatic heterocycles. The van der Waals surface area contributed by atoms with Gasteiger partial charge in [-0.2, -0.15) is 0 Å². The molecule has 1 aromatic carbocycles. The van der Waals surface area contributed by atoms with E-state index in [1.54, 1.807) is 6.92 Å². The first-order valence-electron chi connectivity index (χ1n) is 7.86. The van der Waals surface area contributed by atoms with Gasteiger partial charge in [-0.1, -0.05) is 13.0 Å². The standard InChI is InChI=1S/C17H26N2O2/c1-4-11(2)19-17(20)12(3)21-14-8-9-15-13(10-14)6-5-7-16(15)18/h8-12,16H,4-7,18H2,1-3H3,(H,19,20). The molecule has 0 aromatic heterocycles. The maximum absolute atomic E-state index is 12.0. The second kappa shape index (κ2) is 6.94. The SMILES string of the molecule is CCC(C)NC(=O)C(C)Oc1ccc2c(c1)CCCC2N. The Balaban J connectivity index is 2.01. The molecule has 3 unspecified atom stereocenters. The van der Waals surface area contributed by atoms with Gasteiger partial charge in [-0.25, -0.2) is 0 Å². The third kappa shape index (κ3) is 3.97. The number of aryl methyl sites for hydroxylation is 1. The van der Waals surface area contributed by atoms with Gasteiger partial charge in [-0.15, -0.1) is 0 Å². The molecule has 1 aliphatic rings. The molecule has 0 heterocycles. The number of ether oxygens (including phenoxy) is 1. The molecule has 4 heteroatoms. The number of amides is 1. The minimum absolute atomic E-state index is 0.0706. The first kappa shape index (κ1) is 15.8. The lowest BCUT2D eigenvalue weighted by Gasteiger charge is -2.23. The van der Waals surface area contributed by atoms with Crippen molar-refractivity contribution in [3.63, 3.8) is 0 Å². The minimum atomic E-state index is -0.491. The highest BCUT2D eigenvalue weighted by molar-refractivity contribution is 5.80. The zero-order chi connectivity index (χ0) is 15.4. The summed E-state index contributed by atoms with van der Waals surface area (Å²) in [6.45, 7) is 5.82. The maximum atomic E-state index is 12.0. The normalized spacial score (nSPS) is 20.3. The van der Waals surface area contributed by atoms with Crippen LogP contribution in [0.25, 0.3) is 0 Å². The molecule has 0 radical (unpaired) electrons. The predicted molar refractivity (Wildman–Crippen MR) is 84.3 cm³/mol. The van der Waals surface area contributed by atoms with Crippen molar-refractivity contribution in [3.8, 4) is 5.75 Å². The summed E-state index contributed by atoms with van der Waals surface area (Å²) in [6, 6.07) is 6.28. The number of rotatable bonds is 5. The summed E-state index contributed by atoms with van der Waals surface area (Å²) in [7, 11) is 0. The molecule has 1 amide bonds. The van der Waals surface area contributed by atoms with Gasteiger partial charge in [-0.3, -0.25) is 4.79 Å². The molecule has 1 aliphatic carbocycles. The number of hydrogen-bond acceptors (Lipinski definition) is 3. The fourth-order valence-electron chi connectivity index (χ4n) is 2.62. The third-order valence-corrected chi connectivity index (χ3v) is 4.16. The highest BCUT2D eigenvalue weighted by Crippen LogP contribution is 2.30. The van der Waals surface area contributed by atoms with Crippen LogP contribution in [0.1, 0.15) is 57.2 Å². The molecule has 0 bridgehead atoms. The molecule has 0 fully saturated rings. The Kier molecular flexibility index (Phi) is 5.23. The largest absolute Gasteiger partial charge is 0.481 e. The van der Waals surface area contributed by atoms with E-state index in [4.69, 9.17) is 10.5 Å². The molecule has 0 saturated carbocycles. The van der Waals surface area contributed by atoms with Crippen LogP contribution in [0.5, 0.6) is 5.75 Å². The third-order valence-electron chi connectivity index (χ3n) is 4.16. The van der Waals surface area contributed by atoms with E-state index < -0.39 is 6.10 Å². The Bertz CT molecular complexity index is 502. The molecular formula is C17H26N2O2. The first-order chi connectivity index (χ1) is 10.0. The lowest BCUT2D eigenvalue weighted by molar-refractivity contribution is -0.127. The molecule has 116 valence electrons. The van der Waals surface area contributed by atoms with Crippen LogP contribution >= 0.6 is 0 Å². The van der Waals surface area contributed by atoms with E-state index in [1.165, 1.54) is 11.1 Å². The lowest BCUT2D eigenvalue weighted by Crippen LogP contribution is -2.41. The smallest absolute Gasteiger partial charge is 0.260 e. The van der Waals surface area contributed by atoms with Crippen LogP contribution in [0.15, 0.2) is 18.2 Å². The number of fused-ring (bicyclic) bond motifs is 1. The summed E-state index contributed by atoms with van der Waals surface area (Å²) >= 11 is 0. The minimum Gasteiger partial charge on any atom is -0.481 e. The molecule has 2 rings (SSSR count). The van der Waals surface area contributed by atoms with Gasteiger partial charge in [0.15, 0.2) is 6.10 Å². The fraction of sp³-hybridized carbons (Fsp3) is 0.588. The second-order valence-corrected chi connectivity index (χ2v) is 5.94. The first-order valence-corrected chi connectivity index (χ1v) is 7.86. The summed E-state index contributed by atoms with van der Waals surface area (Å²) < 4.78 is 5.77. The average Bonchev–Trinajstić information content (AvgIpc) is 2.47. The van der Waals surface area contributed by atoms with Crippen LogP contribution in [0.2, 0.25) is 0 Å². The average molecular weight is 290 g/mol. The van der Waals surface area contributed by atoms with Gasteiger partial charge >= 0.3 is 0 Å². The van der Waals surface area contributed by atoms with Gasteiger partial charge < -0.3 is 15.8 Å². The van der Waals surface area contributed by atoms with Gasteiger partial charge in [0.1, 0.15) is 5.75 Å². The quantitative estimate of drug-likeness (QED) is 0.876. The lowest BCUT2D eigenvalue weighted by atomic mass is 9.88. The highest BCUT2D eigenvalue weighted by Gasteiger charge is 2.19. The van der Waals surface area contributed by atoms with Crippen molar-refractivity contribution < 1.29 is 9.53 Å². The Morgan fingerprint density at radius 2 is 2.24 bits per heavy atom. The number of nitrogens with two attached hydrogens (primary N) is 1. The van der Waals surface area contributed by atoms with Crippen LogP contribution in [0, 0.1) is 0 Å². The molecule has 0 spiro atoms. The number of benzene rings is 1. The Morgan fingerprint density at radius 3 is 2.95 bits per heavy atom. The number of carbonyl (C=O) groups excluding carboxylic acids is 1. The Morgan fingerprint density at radius 1 is 1.48 bits per heavy atom. The van der Waals surface area contributed by atoms with Gasteiger partial charge in [0.2, 0.25) is 0 Å². The van der Waals surface area contributed by atoms with Crippen molar-refractivity contribution in [1.82, 2.24) is 5.32 Å². The molecule has 3 N–H and O–H groups in total. The summed E-state index contributed by atoms with van der Waals surface area (Å²) in [4.78, 5) is 12.0. The highest BCUT2D eigenvalue weighted by atomic mass is 16.5. The molecule has 1 aromatic rings. The Labute approximate surface area is 127 Å². The molecule has 21 heavy (non-hydrogen) atoms. The fourth-order valence-corrected chi connectivity index (χ4v) is 2.62. The predicted octanol–water partition coefficient (Wildman–Crippen LogP) is 2.70. The van der Waals surface area contributed by atoms with Crippen molar-refractivity contribution in [3.05, 3.63) is 29.3 Å². The van der Waals surface area contributed by atoms with E-state index in [-0.39, 0.29) is 18.0 Å². The van der Waals surface area contributed by atoms with E-state index in [9.17, 15) is 4.79 Å².